The molecule has 0 radical (unpaired) electrons. The van der Waals surface area contributed by atoms with E-state index in [0.29, 0.717) is 19.6 Å². The minimum atomic E-state index is -4.53. The number of carbonyl (C=O) groups is 1. The number of halogens is 3. The van der Waals surface area contributed by atoms with Crippen LogP contribution in [-0.2, 0) is 22.3 Å². The molecule has 0 bridgehead atoms. The van der Waals surface area contributed by atoms with E-state index in [1.165, 1.54) is 0 Å². The van der Waals surface area contributed by atoms with E-state index in [1.54, 1.807) is 9.80 Å². The number of amides is 1. The molecule has 2 atom stereocenters. The topological polar surface area (TPSA) is 58.6 Å². The van der Waals surface area contributed by atoms with Crippen molar-refractivity contribution in [1.82, 2.24) is 14.9 Å². The lowest BCUT2D eigenvalue weighted by Gasteiger charge is -2.36. The SMILES string of the molecule is O=C1COC2CN(c3nccc(C(F)(F)F)n3)CC2N1Cc1ccccc1. The van der Waals surface area contributed by atoms with E-state index in [4.69, 9.17) is 4.74 Å². The van der Waals surface area contributed by atoms with Gasteiger partial charge in [-0.2, -0.15) is 13.2 Å². The largest absolute Gasteiger partial charge is 0.433 e. The molecule has 1 aromatic heterocycles. The quantitative estimate of drug-likeness (QED) is 0.819. The zero-order valence-corrected chi connectivity index (χ0v) is 14.3. The van der Waals surface area contributed by atoms with Gasteiger partial charge < -0.3 is 14.5 Å². The molecule has 2 fully saturated rings. The van der Waals surface area contributed by atoms with E-state index < -0.39 is 11.9 Å². The van der Waals surface area contributed by atoms with Crippen molar-refractivity contribution in [3.63, 3.8) is 0 Å². The van der Waals surface area contributed by atoms with Crippen LogP contribution in [0.5, 0.6) is 0 Å². The predicted molar refractivity (Wildman–Crippen MR) is 89.8 cm³/mol. The van der Waals surface area contributed by atoms with Crippen LogP contribution >= 0.6 is 0 Å². The first-order valence-electron chi connectivity index (χ1n) is 8.52. The lowest BCUT2D eigenvalue weighted by atomic mass is 10.1. The first-order chi connectivity index (χ1) is 12.9. The highest BCUT2D eigenvalue weighted by Crippen LogP contribution is 2.31. The Morgan fingerprint density at radius 2 is 1.93 bits per heavy atom. The summed E-state index contributed by atoms with van der Waals surface area (Å²) in [6.45, 7) is 1.06. The molecule has 2 aromatic rings. The number of aromatic nitrogens is 2. The van der Waals surface area contributed by atoms with Crippen molar-refractivity contribution in [3.05, 3.63) is 53.9 Å². The molecule has 142 valence electrons. The Kier molecular flexibility index (Phi) is 4.47. The number of fused-ring (bicyclic) bond motifs is 1. The van der Waals surface area contributed by atoms with Crippen molar-refractivity contribution in [1.29, 1.82) is 0 Å². The van der Waals surface area contributed by atoms with Crippen molar-refractivity contribution in [2.75, 3.05) is 24.6 Å². The number of hydrogen-bond acceptors (Lipinski definition) is 5. The molecule has 27 heavy (non-hydrogen) atoms. The fraction of sp³-hybridized carbons (Fsp3) is 0.389. The fourth-order valence-electron chi connectivity index (χ4n) is 3.47. The van der Waals surface area contributed by atoms with Crippen LogP contribution in [0.15, 0.2) is 42.6 Å². The van der Waals surface area contributed by atoms with Crippen LogP contribution in [0, 0.1) is 0 Å². The summed E-state index contributed by atoms with van der Waals surface area (Å²) in [6.07, 6.45) is -3.72. The van der Waals surface area contributed by atoms with Crippen molar-refractivity contribution >= 4 is 11.9 Å². The number of ether oxygens (including phenoxy) is 1. The smallest absolute Gasteiger partial charge is 0.364 e. The molecule has 2 aliphatic rings. The fourth-order valence-corrected chi connectivity index (χ4v) is 3.47. The average Bonchev–Trinajstić information content (AvgIpc) is 3.09. The van der Waals surface area contributed by atoms with Gasteiger partial charge in [-0.25, -0.2) is 9.97 Å². The van der Waals surface area contributed by atoms with Gasteiger partial charge in [0, 0.05) is 25.8 Å². The van der Waals surface area contributed by atoms with Gasteiger partial charge in [-0.05, 0) is 11.6 Å². The minimum Gasteiger partial charge on any atom is -0.364 e. The van der Waals surface area contributed by atoms with Crippen LogP contribution in [0.1, 0.15) is 11.3 Å². The van der Waals surface area contributed by atoms with Crippen LogP contribution in [0.2, 0.25) is 0 Å². The zero-order valence-electron chi connectivity index (χ0n) is 14.3. The van der Waals surface area contributed by atoms with Crippen LogP contribution in [-0.4, -0.2) is 52.6 Å². The first kappa shape index (κ1) is 17.7. The number of anilines is 1. The summed E-state index contributed by atoms with van der Waals surface area (Å²) in [5.41, 5.74) is 0.000720. The van der Waals surface area contributed by atoms with Gasteiger partial charge in [-0.3, -0.25) is 4.79 Å². The third-order valence-electron chi connectivity index (χ3n) is 4.79. The number of nitrogens with zero attached hydrogens (tertiary/aromatic N) is 4. The summed E-state index contributed by atoms with van der Waals surface area (Å²) >= 11 is 0. The number of benzene rings is 1. The molecule has 9 heteroatoms. The molecular weight excluding hydrogens is 361 g/mol. The Labute approximate surface area is 153 Å². The second-order valence-corrected chi connectivity index (χ2v) is 6.57. The maximum Gasteiger partial charge on any atom is 0.433 e. The molecule has 2 aliphatic heterocycles. The molecule has 4 rings (SSSR count). The normalized spacial score (nSPS) is 22.9. The predicted octanol–water partition coefficient (Wildman–Crippen LogP) is 2.11. The standard InChI is InChI=1S/C18H17F3N4O2/c19-18(20,21)15-6-7-22-17(23-15)24-9-13-14(10-24)27-11-16(26)25(13)8-12-4-2-1-3-5-12/h1-7,13-14H,8-11H2. The Hall–Kier alpha value is -2.68. The summed E-state index contributed by atoms with van der Waals surface area (Å²) in [6, 6.07) is 10.1. The maximum absolute atomic E-state index is 12.9. The Bertz CT molecular complexity index is 831. The highest BCUT2D eigenvalue weighted by Gasteiger charge is 2.44. The number of rotatable bonds is 3. The van der Waals surface area contributed by atoms with Crippen LogP contribution in [0.3, 0.4) is 0 Å². The van der Waals surface area contributed by atoms with E-state index in [9.17, 15) is 18.0 Å². The number of hydrogen-bond donors (Lipinski definition) is 0. The molecule has 1 aromatic carbocycles. The van der Waals surface area contributed by atoms with Gasteiger partial charge in [0.05, 0.1) is 12.1 Å². The minimum absolute atomic E-state index is 0.00469. The summed E-state index contributed by atoms with van der Waals surface area (Å²) in [4.78, 5) is 23.4. The van der Waals surface area contributed by atoms with E-state index in [0.717, 1.165) is 17.8 Å². The lowest BCUT2D eigenvalue weighted by molar-refractivity contribution is -0.153. The Balaban J connectivity index is 1.55. The third kappa shape index (κ3) is 3.59. The zero-order chi connectivity index (χ0) is 19.0. The van der Waals surface area contributed by atoms with Gasteiger partial charge in [0.15, 0.2) is 0 Å². The van der Waals surface area contributed by atoms with E-state index in [2.05, 4.69) is 9.97 Å². The molecule has 0 aliphatic carbocycles. The van der Waals surface area contributed by atoms with Gasteiger partial charge in [0.1, 0.15) is 12.3 Å². The third-order valence-corrected chi connectivity index (χ3v) is 4.79. The summed E-state index contributed by atoms with van der Waals surface area (Å²) in [5, 5.41) is 0. The molecular formula is C18H17F3N4O2. The van der Waals surface area contributed by atoms with E-state index >= 15 is 0 Å². The Morgan fingerprint density at radius 1 is 1.15 bits per heavy atom. The summed E-state index contributed by atoms with van der Waals surface area (Å²) in [7, 11) is 0. The van der Waals surface area contributed by atoms with Gasteiger partial charge >= 0.3 is 6.18 Å². The monoisotopic (exact) mass is 378 g/mol. The van der Waals surface area contributed by atoms with Crippen LogP contribution < -0.4 is 4.90 Å². The van der Waals surface area contributed by atoms with E-state index in [1.807, 2.05) is 30.3 Å². The van der Waals surface area contributed by atoms with Gasteiger partial charge in [0.25, 0.3) is 0 Å². The second kappa shape index (κ2) is 6.80. The molecule has 6 nitrogen and oxygen atoms in total. The number of carbonyl (C=O) groups excluding carboxylic acids is 1. The first-order valence-corrected chi connectivity index (χ1v) is 8.52. The molecule has 0 N–H and O–H groups in total. The van der Waals surface area contributed by atoms with Crippen LogP contribution in [0.4, 0.5) is 19.1 Å². The number of morpholine rings is 1. The average molecular weight is 378 g/mol. The van der Waals surface area contributed by atoms with Crippen molar-refractivity contribution in [2.24, 2.45) is 0 Å². The molecule has 1 amide bonds. The lowest BCUT2D eigenvalue weighted by Crippen LogP contribution is -2.53. The van der Waals surface area contributed by atoms with Gasteiger partial charge in [-0.15, -0.1) is 0 Å². The van der Waals surface area contributed by atoms with Gasteiger partial charge in [-0.1, -0.05) is 30.3 Å². The van der Waals surface area contributed by atoms with Crippen molar-refractivity contribution in [3.8, 4) is 0 Å². The Morgan fingerprint density at radius 3 is 2.67 bits per heavy atom. The van der Waals surface area contributed by atoms with Crippen molar-refractivity contribution < 1.29 is 22.7 Å². The highest BCUT2D eigenvalue weighted by atomic mass is 19.4. The molecule has 2 saturated heterocycles. The van der Waals surface area contributed by atoms with E-state index in [-0.39, 0.29) is 30.6 Å². The molecule has 0 spiro atoms. The van der Waals surface area contributed by atoms with Gasteiger partial charge in [0.2, 0.25) is 11.9 Å². The maximum atomic E-state index is 12.9. The molecule has 0 saturated carbocycles. The highest BCUT2D eigenvalue weighted by molar-refractivity contribution is 5.79. The molecule has 3 heterocycles. The van der Waals surface area contributed by atoms with Crippen molar-refractivity contribution in [2.45, 2.75) is 24.9 Å². The molecule has 2 unspecified atom stereocenters. The second-order valence-electron chi connectivity index (χ2n) is 6.57. The van der Waals surface area contributed by atoms with Crippen LogP contribution in [0.25, 0.3) is 0 Å². The number of alkyl halides is 3. The summed E-state index contributed by atoms with van der Waals surface area (Å²) in [5.74, 6) is -0.137. The summed E-state index contributed by atoms with van der Waals surface area (Å²) < 4.78 is 44.4.